The number of ether oxygens (including phenoxy) is 1. The summed E-state index contributed by atoms with van der Waals surface area (Å²) >= 11 is 0. The van der Waals surface area contributed by atoms with Crippen LogP contribution in [0.5, 0.6) is 0 Å². The molecule has 0 radical (unpaired) electrons. The van der Waals surface area contributed by atoms with Gasteiger partial charge in [0.2, 0.25) is 0 Å². The van der Waals surface area contributed by atoms with Crippen LogP contribution < -0.4 is 5.32 Å². The van der Waals surface area contributed by atoms with Gasteiger partial charge in [-0.3, -0.25) is 4.79 Å². The molecule has 1 saturated carbocycles. The van der Waals surface area contributed by atoms with E-state index in [0.717, 1.165) is 18.9 Å². The molecule has 1 N–H and O–H groups in total. The van der Waals surface area contributed by atoms with Crippen molar-refractivity contribution in [2.24, 2.45) is 11.8 Å². The van der Waals surface area contributed by atoms with Crippen molar-refractivity contribution in [3.63, 3.8) is 0 Å². The average molecular weight is 227 g/mol. The normalized spacial score (nSPS) is 19.9. The van der Waals surface area contributed by atoms with Crippen molar-refractivity contribution in [2.75, 3.05) is 13.7 Å². The molecule has 2 atom stereocenters. The zero-order chi connectivity index (χ0) is 12.0. The Labute approximate surface area is 98.9 Å². The molecular weight excluding hydrogens is 202 g/mol. The van der Waals surface area contributed by atoms with Crippen LogP contribution in [0.25, 0.3) is 0 Å². The maximum atomic E-state index is 11.2. The molecule has 1 rings (SSSR count). The van der Waals surface area contributed by atoms with Gasteiger partial charge >= 0.3 is 5.97 Å². The van der Waals surface area contributed by atoms with E-state index in [4.69, 9.17) is 4.74 Å². The number of nitrogens with one attached hydrogen (secondary N) is 1. The van der Waals surface area contributed by atoms with Gasteiger partial charge in [-0.25, -0.2) is 0 Å². The summed E-state index contributed by atoms with van der Waals surface area (Å²) in [5.41, 5.74) is 0. The Hall–Kier alpha value is -0.570. The van der Waals surface area contributed by atoms with Gasteiger partial charge in [0.15, 0.2) is 0 Å². The van der Waals surface area contributed by atoms with E-state index in [9.17, 15) is 4.79 Å². The Morgan fingerprint density at radius 3 is 2.62 bits per heavy atom. The first kappa shape index (κ1) is 13.5. The van der Waals surface area contributed by atoms with Gasteiger partial charge in [0.05, 0.1) is 13.0 Å². The van der Waals surface area contributed by atoms with E-state index in [-0.39, 0.29) is 11.9 Å². The summed E-state index contributed by atoms with van der Waals surface area (Å²) in [6.45, 7) is 5.15. The second-order valence-electron chi connectivity index (χ2n) is 5.10. The number of methoxy groups -OCH3 is 1. The number of carbonyl (C=O) groups excluding carboxylic acids is 1. The molecule has 94 valence electrons. The molecule has 0 spiro atoms. The van der Waals surface area contributed by atoms with Crippen LogP contribution in [-0.2, 0) is 9.53 Å². The predicted molar refractivity (Wildman–Crippen MR) is 65.2 cm³/mol. The second kappa shape index (κ2) is 6.89. The van der Waals surface area contributed by atoms with Gasteiger partial charge < -0.3 is 10.1 Å². The highest BCUT2D eigenvalue weighted by molar-refractivity contribution is 5.71. The topological polar surface area (TPSA) is 38.3 Å². The Morgan fingerprint density at radius 1 is 1.44 bits per heavy atom. The molecule has 0 aliphatic heterocycles. The molecule has 1 aliphatic carbocycles. The van der Waals surface area contributed by atoms with Crippen molar-refractivity contribution < 1.29 is 9.53 Å². The van der Waals surface area contributed by atoms with Gasteiger partial charge in [-0.2, -0.15) is 0 Å². The van der Waals surface area contributed by atoms with E-state index in [0.29, 0.717) is 6.04 Å². The molecule has 0 heterocycles. The number of rotatable bonds is 7. The van der Waals surface area contributed by atoms with Gasteiger partial charge in [-0.15, -0.1) is 0 Å². The quantitative estimate of drug-likeness (QED) is 0.678. The van der Waals surface area contributed by atoms with Crippen molar-refractivity contribution in [2.45, 2.75) is 52.0 Å². The van der Waals surface area contributed by atoms with E-state index in [1.54, 1.807) is 0 Å². The standard InChI is InChI=1S/C13H25NO2/c1-10(13(15)16-3)9-11(2)14-8-7-12-5-4-6-12/h10-12,14H,4-9H2,1-3H3. The average Bonchev–Trinajstić information content (AvgIpc) is 2.20. The fourth-order valence-electron chi connectivity index (χ4n) is 2.23. The van der Waals surface area contributed by atoms with Crippen LogP contribution in [0, 0.1) is 11.8 Å². The van der Waals surface area contributed by atoms with E-state index in [2.05, 4.69) is 12.2 Å². The molecule has 3 nitrogen and oxygen atoms in total. The SMILES string of the molecule is COC(=O)C(C)CC(C)NCCC1CCC1. The largest absolute Gasteiger partial charge is 0.469 e. The minimum Gasteiger partial charge on any atom is -0.469 e. The highest BCUT2D eigenvalue weighted by Crippen LogP contribution is 2.28. The highest BCUT2D eigenvalue weighted by atomic mass is 16.5. The Balaban J connectivity index is 2.04. The lowest BCUT2D eigenvalue weighted by atomic mass is 9.83. The highest BCUT2D eigenvalue weighted by Gasteiger charge is 2.18. The van der Waals surface area contributed by atoms with E-state index in [1.807, 2.05) is 6.92 Å². The fourth-order valence-corrected chi connectivity index (χ4v) is 2.23. The molecule has 0 aromatic heterocycles. The summed E-state index contributed by atoms with van der Waals surface area (Å²) in [5.74, 6) is 0.849. The predicted octanol–water partition coefficient (Wildman–Crippen LogP) is 2.35. The van der Waals surface area contributed by atoms with Gasteiger partial charge in [-0.05, 0) is 32.2 Å². The van der Waals surface area contributed by atoms with Crippen LogP contribution in [0.1, 0.15) is 46.0 Å². The molecule has 1 aliphatic rings. The summed E-state index contributed by atoms with van der Waals surface area (Å²) < 4.78 is 4.72. The molecule has 16 heavy (non-hydrogen) atoms. The van der Waals surface area contributed by atoms with Crippen LogP contribution in [0.3, 0.4) is 0 Å². The number of carbonyl (C=O) groups is 1. The first-order valence-electron chi connectivity index (χ1n) is 6.44. The van der Waals surface area contributed by atoms with E-state index >= 15 is 0 Å². The van der Waals surface area contributed by atoms with Crippen molar-refractivity contribution in [3.05, 3.63) is 0 Å². The Morgan fingerprint density at radius 2 is 2.12 bits per heavy atom. The molecule has 0 saturated heterocycles. The molecule has 0 aromatic carbocycles. The van der Waals surface area contributed by atoms with Crippen molar-refractivity contribution in [1.82, 2.24) is 5.32 Å². The molecule has 0 aromatic rings. The minimum atomic E-state index is -0.104. The molecule has 0 amide bonds. The Bertz CT molecular complexity index is 214. The third kappa shape index (κ3) is 4.52. The number of hydrogen-bond donors (Lipinski definition) is 1. The summed E-state index contributed by atoms with van der Waals surface area (Å²) in [7, 11) is 1.45. The van der Waals surface area contributed by atoms with Crippen LogP contribution >= 0.6 is 0 Å². The smallest absolute Gasteiger partial charge is 0.308 e. The first-order valence-corrected chi connectivity index (χ1v) is 6.44. The molecular formula is C13H25NO2. The number of esters is 1. The van der Waals surface area contributed by atoms with Gasteiger partial charge in [-0.1, -0.05) is 26.2 Å². The van der Waals surface area contributed by atoms with Crippen LogP contribution in [0.2, 0.25) is 0 Å². The maximum Gasteiger partial charge on any atom is 0.308 e. The van der Waals surface area contributed by atoms with Crippen molar-refractivity contribution >= 4 is 5.97 Å². The molecule has 2 unspecified atom stereocenters. The van der Waals surface area contributed by atoms with Crippen LogP contribution in [-0.4, -0.2) is 25.7 Å². The maximum absolute atomic E-state index is 11.2. The van der Waals surface area contributed by atoms with E-state index in [1.165, 1.54) is 32.8 Å². The van der Waals surface area contributed by atoms with Crippen LogP contribution in [0.4, 0.5) is 0 Å². The summed E-state index contributed by atoms with van der Waals surface area (Å²) in [4.78, 5) is 11.2. The molecule has 1 fully saturated rings. The lowest BCUT2D eigenvalue weighted by Crippen LogP contribution is -2.32. The van der Waals surface area contributed by atoms with Crippen LogP contribution in [0.15, 0.2) is 0 Å². The zero-order valence-corrected chi connectivity index (χ0v) is 10.8. The lowest BCUT2D eigenvalue weighted by Gasteiger charge is -2.26. The first-order chi connectivity index (χ1) is 7.63. The Kier molecular flexibility index (Phi) is 5.81. The van der Waals surface area contributed by atoms with Crippen molar-refractivity contribution in [3.8, 4) is 0 Å². The fraction of sp³-hybridized carbons (Fsp3) is 0.923. The van der Waals surface area contributed by atoms with Crippen molar-refractivity contribution in [1.29, 1.82) is 0 Å². The monoisotopic (exact) mass is 227 g/mol. The minimum absolute atomic E-state index is 0.00352. The molecule has 0 bridgehead atoms. The zero-order valence-electron chi connectivity index (χ0n) is 10.8. The van der Waals surface area contributed by atoms with Gasteiger partial charge in [0.25, 0.3) is 0 Å². The third-order valence-corrected chi connectivity index (χ3v) is 3.58. The lowest BCUT2D eigenvalue weighted by molar-refractivity contribution is -0.145. The third-order valence-electron chi connectivity index (χ3n) is 3.58. The summed E-state index contributed by atoms with van der Waals surface area (Å²) in [5, 5.41) is 3.48. The summed E-state index contributed by atoms with van der Waals surface area (Å²) in [6, 6.07) is 0.397. The van der Waals surface area contributed by atoms with E-state index < -0.39 is 0 Å². The number of hydrogen-bond acceptors (Lipinski definition) is 3. The van der Waals surface area contributed by atoms with Gasteiger partial charge in [0, 0.05) is 6.04 Å². The second-order valence-corrected chi connectivity index (χ2v) is 5.10. The molecule has 3 heteroatoms. The van der Waals surface area contributed by atoms with Gasteiger partial charge in [0.1, 0.15) is 0 Å². The summed E-state index contributed by atoms with van der Waals surface area (Å²) in [6.07, 6.45) is 6.39.